The lowest BCUT2D eigenvalue weighted by atomic mass is 10.1. The number of carbonyl (C=O) groups excluding carboxylic acids is 1. The van der Waals surface area contributed by atoms with Gasteiger partial charge in [-0.2, -0.15) is 5.10 Å². The highest BCUT2D eigenvalue weighted by Crippen LogP contribution is 2.21. The number of benzene rings is 1. The smallest absolute Gasteiger partial charge is 0.255 e. The van der Waals surface area contributed by atoms with Gasteiger partial charge in [-0.25, -0.2) is 4.98 Å². The van der Waals surface area contributed by atoms with Gasteiger partial charge in [0, 0.05) is 23.9 Å². The number of carbonyl (C=O) groups is 1. The van der Waals surface area contributed by atoms with Crippen molar-refractivity contribution in [1.82, 2.24) is 20.5 Å². The lowest BCUT2D eigenvalue weighted by Crippen LogP contribution is -2.23. The van der Waals surface area contributed by atoms with Crippen LogP contribution >= 0.6 is 0 Å². The van der Waals surface area contributed by atoms with Crippen molar-refractivity contribution < 1.29 is 9.53 Å². The van der Waals surface area contributed by atoms with Gasteiger partial charge in [-0.3, -0.25) is 9.89 Å². The van der Waals surface area contributed by atoms with Crippen LogP contribution in [0.25, 0.3) is 11.3 Å². The van der Waals surface area contributed by atoms with Crippen molar-refractivity contribution in [2.75, 3.05) is 6.61 Å². The molecule has 6 heteroatoms. The van der Waals surface area contributed by atoms with Crippen LogP contribution < -0.4 is 10.1 Å². The maximum Gasteiger partial charge on any atom is 0.255 e. The maximum atomic E-state index is 12.6. The SMILES string of the molecule is CCCCOc1ncccc1CNC(=O)c1cn[nH]c1-c1ccccc1. The largest absolute Gasteiger partial charge is 0.477 e. The number of H-pyrrole nitrogens is 1. The zero-order valence-corrected chi connectivity index (χ0v) is 14.7. The third-order valence-corrected chi connectivity index (χ3v) is 3.97. The number of aromatic nitrogens is 3. The highest BCUT2D eigenvalue weighted by atomic mass is 16.5. The van der Waals surface area contributed by atoms with E-state index in [1.54, 1.807) is 12.4 Å². The van der Waals surface area contributed by atoms with Crippen LogP contribution in [0.5, 0.6) is 5.88 Å². The number of nitrogens with zero attached hydrogens (tertiary/aromatic N) is 2. The minimum Gasteiger partial charge on any atom is -0.477 e. The fourth-order valence-electron chi connectivity index (χ4n) is 2.56. The van der Waals surface area contributed by atoms with E-state index in [4.69, 9.17) is 4.74 Å². The summed E-state index contributed by atoms with van der Waals surface area (Å²) in [6.07, 6.45) is 5.26. The van der Waals surface area contributed by atoms with Crippen molar-refractivity contribution >= 4 is 5.91 Å². The fourth-order valence-corrected chi connectivity index (χ4v) is 2.56. The number of rotatable bonds is 8. The molecule has 0 saturated heterocycles. The van der Waals surface area contributed by atoms with Gasteiger partial charge >= 0.3 is 0 Å². The summed E-state index contributed by atoms with van der Waals surface area (Å²) >= 11 is 0. The zero-order chi connectivity index (χ0) is 18.2. The molecule has 134 valence electrons. The minimum atomic E-state index is -0.194. The van der Waals surface area contributed by atoms with E-state index in [0.29, 0.717) is 30.3 Å². The molecule has 0 aliphatic carbocycles. The standard InChI is InChI=1S/C20H22N4O2/c1-2-3-12-26-20-16(10-7-11-21-20)13-22-19(25)17-14-23-24-18(17)15-8-5-4-6-9-15/h4-11,14H,2-3,12-13H2,1H3,(H,22,25)(H,23,24). The molecular weight excluding hydrogens is 328 g/mol. The number of hydrogen-bond donors (Lipinski definition) is 2. The summed E-state index contributed by atoms with van der Waals surface area (Å²) in [7, 11) is 0. The number of amides is 1. The van der Waals surface area contributed by atoms with E-state index in [9.17, 15) is 4.79 Å². The number of hydrogen-bond acceptors (Lipinski definition) is 4. The van der Waals surface area contributed by atoms with E-state index < -0.39 is 0 Å². The van der Waals surface area contributed by atoms with Crippen molar-refractivity contribution in [3.63, 3.8) is 0 Å². The van der Waals surface area contributed by atoms with Gasteiger partial charge in [0.05, 0.1) is 24.1 Å². The minimum absolute atomic E-state index is 0.194. The number of unbranched alkanes of at least 4 members (excludes halogenated alkanes) is 1. The van der Waals surface area contributed by atoms with Crippen molar-refractivity contribution in [3.8, 4) is 17.1 Å². The van der Waals surface area contributed by atoms with E-state index in [2.05, 4.69) is 27.4 Å². The summed E-state index contributed by atoms with van der Waals surface area (Å²) in [6, 6.07) is 13.4. The maximum absolute atomic E-state index is 12.6. The molecule has 0 aliphatic heterocycles. The lowest BCUT2D eigenvalue weighted by molar-refractivity contribution is 0.0951. The molecule has 1 amide bonds. The first-order valence-electron chi connectivity index (χ1n) is 8.73. The Labute approximate surface area is 152 Å². The second-order valence-electron chi connectivity index (χ2n) is 5.88. The lowest BCUT2D eigenvalue weighted by Gasteiger charge is -2.11. The summed E-state index contributed by atoms with van der Waals surface area (Å²) in [5, 5.41) is 9.84. The van der Waals surface area contributed by atoms with Crippen molar-refractivity contribution in [1.29, 1.82) is 0 Å². The Morgan fingerprint density at radius 2 is 2.04 bits per heavy atom. The third-order valence-electron chi connectivity index (χ3n) is 3.97. The van der Waals surface area contributed by atoms with E-state index in [1.165, 1.54) is 0 Å². The Hall–Kier alpha value is -3.15. The Bertz CT molecular complexity index is 846. The molecule has 0 fully saturated rings. The summed E-state index contributed by atoms with van der Waals surface area (Å²) in [5.41, 5.74) is 2.98. The Balaban J connectivity index is 1.68. The normalized spacial score (nSPS) is 10.5. The second kappa shape index (κ2) is 8.80. The molecule has 3 rings (SSSR count). The molecule has 3 aromatic rings. The molecule has 2 aromatic heterocycles. The second-order valence-corrected chi connectivity index (χ2v) is 5.88. The molecule has 26 heavy (non-hydrogen) atoms. The molecule has 0 aliphatic rings. The van der Waals surface area contributed by atoms with Crippen LogP contribution in [0.3, 0.4) is 0 Å². The number of pyridine rings is 1. The fraction of sp³-hybridized carbons (Fsp3) is 0.250. The molecular formula is C20H22N4O2. The predicted molar refractivity (Wildman–Crippen MR) is 99.8 cm³/mol. The Morgan fingerprint density at radius 3 is 2.85 bits per heavy atom. The van der Waals surface area contributed by atoms with E-state index in [0.717, 1.165) is 24.0 Å². The summed E-state index contributed by atoms with van der Waals surface area (Å²) in [6.45, 7) is 3.07. The monoisotopic (exact) mass is 350 g/mol. The Morgan fingerprint density at radius 1 is 1.19 bits per heavy atom. The number of nitrogens with one attached hydrogen (secondary N) is 2. The first kappa shape index (κ1) is 17.7. The zero-order valence-electron chi connectivity index (χ0n) is 14.7. The summed E-state index contributed by atoms with van der Waals surface area (Å²) < 4.78 is 5.71. The van der Waals surface area contributed by atoms with E-state index in [1.807, 2.05) is 42.5 Å². The van der Waals surface area contributed by atoms with Crippen molar-refractivity contribution in [3.05, 3.63) is 66.0 Å². The highest BCUT2D eigenvalue weighted by molar-refractivity contribution is 5.99. The van der Waals surface area contributed by atoms with Crippen LogP contribution in [0.15, 0.2) is 54.9 Å². The molecule has 2 N–H and O–H groups in total. The first-order chi connectivity index (χ1) is 12.8. The molecule has 0 radical (unpaired) electrons. The topological polar surface area (TPSA) is 79.9 Å². The molecule has 0 unspecified atom stereocenters. The Kier molecular flexibility index (Phi) is 5.98. The number of aromatic amines is 1. The van der Waals surface area contributed by atoms with E-state index >= 15 is 0 Å². The van der Waals surface area contributed by atoms with Gasteiger partial charge < -0.3 is 10.1 Å². The highest BCUT2D eigenvalue weighted by Gasteiger charge is 2.15. The molecule has 0 saturated carbocycles. The molecule has 0 atom stereocenters. The van der Waals surface area contributed by atoms with Gasteiger partial charge in [0.1, 0.15) is 0 Å². The van der Waals surface area contributed by atoms with Crippen molar-refractivity contribution in [2.24, 2.45) is 0 Å². The molecule has 0 bridgehead atoms. The van der Waals surface area contributed by atoms with Crippen LogP contribution in [0.4, 0.5) is 0 Å². The molecule has 1 aromatic carbocycles. The summed E-state index contributed by atoms with van der Waals surface area (Å²) in [5.74, 6) is 0.373. The van der Waals surface area contributed by atoms with Gasteiger partial charge in [0.25, 0.3) is 5.91 Å². The first-order valence-corrected chi connectivity index (χ1v) is 8.73. The average molecular weight is 350 g/mol. The van der Waals surface area contributed by atoms with Gasteiger partial charge in [-0.15, -0.1) is 0 Å². The van der Waals surface area contributed by atoms with E-state index in [-0.39, 0.29) is 5.91 Å². The average Bonchev–Trinajstić information content (AvgIpc) is 3.18. The molecule has 0 spiro atoms. The molecule has 6 nitrogen and oxygen atoms in total. The van der Waals surface area contributed by atoms with Gasteiger partial charge in [-0.05, 0) is 12.5 Å². The van der Waals surface area contributed by atoms with Gasteiger partial charge in [0.15, 0.2) is 0 Å². The predicted octanol–water partition coefficient (Wildman–Crippen LogP) is 3.58. The third kappa shape index (κ3) is 4.27. The molecule has 2 heterocycles. The van der Waals surface area contributed by atoms with Crippen LogP contribution in [0.1, 0.15) is 35.7 Å². The van der Waals surface area contributed by atoms with Crippen LogP contribution in [-0.2, 0) is 6.54 Å². The summed E-state index contributed by atoms with van der Waals surface area (Å²) in [4.78, 5) is 16.9. The van der Waals surface area contributed by atoms with Crippen LogP contribution in [0, 0.1) is 0 Å². The van der Waals surface area contributed by atoms with Crippen LogP contribution in [0.2, 0.25) is 0 Å². The van der Waals surface area contributed by atoms with Gasteiger partial charge in [0.2, 0.25) is 5.88 Å². The van der Waals surface area contributed by atoms with Gasteiger partial charge in [-0.1, -0.05) is 49.7 Å². The van der Waals surface area contributed by atoms with Crippen LogP contribution in [-0.4, -0.2) is 27.7 Å². The van der Waals surface area contributed by atoms with Crippen molar-refractivity contribution in [2.45, 2.75) is 26.3 Å². The number of ether oxygens (including phenoxy) is 1. The quantitative estimate of drug-likeness (QED) is 0.609.